The molecule has 0 saturated carbocycles. The van der Waals surface area contributed by atoms with Crippen LogP contribution in [0.2, 0.25) is 0 Å². The number of carbonyl (C=O) groups is 2. The first-order valence-electron chi connectivity index (χ1n) is 6.21. The van der Waals surface area contributed by atoms with E-state index in [4.69, 9.17) is 5.11 Å². The summed E-state index contributed by atoms with van der Waals surface area (Å²) >= 11 is 0. The average molecular weight is 318 g/mol. The highest BCUT2D eigenvalue weighted by Gasteiger charge is 2.21. The summed E-state index contributed by atoms with van der Waals surface area (Å²) in [5.74, 6) is -0.890. The van der Waals surface area contributed by atoms with E-state index < -0.39 is 27.9 Å². The van der Waals surface area contributed by atoms with E-state index in [1.165, 1.54) is 0 Å². The summed E-state index contributed by atoms with van der Waals surface area (Å²) in [5, 5.41) is 13.6. The van der Waals surface area contributed by atoms with Gasteiger partial charge < -0.3 is 20.7 Å². The van der Waals surface area contributed by atoms with E-state index >= 15 is 0 Å². The fraction of sp³-hybridized carbons (Fsp3) is 0.545. The zero-order valence-electron chi connectivity index (χ0n) is 11.5. The molecular weight excluding hydrogens is 300 g/mol. The molecule has 118 valence electrons. The normalized spacial score (nSPS) is 12.6. The number of nitrogens with one attached hydrogen (secondary N) is 3. The highest BCUT2D eigenvalue weighted by molar-refractivity contribution is 7.90. The van der Waals surface area contributed by atoms with E-state index in [1.807, 2.05) is 0 Å². The summed E-state index contributed by atoms with van der Waals surface area (Å²) in [6.07, 6.45) is 4.54. The van der Waals surface area contributed by atoms with Gasteiger partial charge in [-0.15, -0.1) is 0 Å². The standard InChI is InChI=1S/C11H18N4O5S/c1-21(19,20)7-3-8(10(16)17)15-11(18)14-4-2-9-12-5-6-13-9/h5-6,8H,2-4,7H2,1H3,(H,12,13)(H,16,17)(H2,14,15,18). The van der Waals surface area contributed by atoms with E-state index in [0.717, 1.165) is 6.26 Å². The van der Waals surface area contributed by atoms with Gasteiger partial charge in [0.15, 0.2) is 0 Å². The Hall–Kier alpha value is -2.10. The Kier molecular flexibility index (Phi) is 6.15. The van der Waals surface area contributed by atoms with E-state index in [1.54, 1.807) is 12.4 Å². The Balaban J connectivity index is 2.36. The van der Waals surface area contributed by atoms with Gasteiger partial charge in [-0.3, -0.25) is 0 Å². The molecule has 0 aromatic carbocycles. The summed E-state index contributed by atoms with van der Waals surface area (Å²) in [6.45, 7) is 0.276. The number of sulfone groups is 1. The second-order valence-corrected chi connectivity index (χ2v) is 6.76. The number of H-pyrrole nitrogens is 1. The second-order valence-electron chi connectivity index (χ2n) is 4.50. The lowest BCUT2D eigenvalue weighted by atomic mass is 10.2. The number of rotatable bonds is 8. The number of carboxylic acids is 1. The smallest absolute Gasteiger partial charge is 0.326 e. The minimum atomic E-state index is -3.28. The van der Waals surface area contributed by atoms with Crippen molar-refractivity contribution in [3.8, 4) is 0 Å². The maximum atomic E-state index is 11.5. The van der Waals surface area contributed by atoms with Gasteiger partial charge in [0.25, 0.3) is 0 Å². The van der Waals surface area contributed by atoms with Crippen LogP contribution in [0, 0.1) is 0 Å². The van der Waals surface area contributed by atoms with Gasteiger partial charge in [0, 0.05) is 31.6 Å². The number of aromatic amines is 1. The number of amides is 2. The quantitative estimate of drug-likeness (QED) is 0.491. The number of aromatic nitrogens is 2. The van der Waals surface area contributed by atoms with Crippen LogP contribution >= 0.6 is 0 Å². The molecule has 9 nitrogen and oxygen atoms in total. The van der Waals surface area contributed by atoms with Gasteiger partial charge in [0.1, 0.15) is 21.7 Å². The van der Waals surface area contributed by atoms with Crippen LogP contribution < -0.4 is 10.6 Å². The molecule has 1 rings (SSSR count). The van der Waals surface area contributed by atoms with Crippen LogP contribution in [0.5, 0.6) is 0 Å². The Bertz CT molecular complexity index is 569. The van der Waals surface area contributed by atoms with Crippen molar-refractivity contribution in [1.29, 1.82) is 0 Å². The van der Waals surface area contributed by atoms with Crippen molar-refractivity contribution in [3.05, 3.63) is 18.2 Å². The monoisotopic (exact) mass is 318 g/mol. The lowest BCUT2D eigenvalue weighted by molar-refractivity contribution is -0.139. The number of hydrogen-bond donors (Lipinski definition) is 4. The molecule has 0 aliphatic rings. The fourth-order valence-electron chi connectivity index (χ4n) is 1.53. The number of nitrogens with zero attached hydrogens (tertiary/aromatic N) is 1. The largest absolute Gasteiger partial charge is 0.480 e. The molecule has 1 unspecified atom stereocenters. The summed E-state index contributed by atoms with van der Waals surface area (Å²) in [6, 6.07) is -1.91. The first-order valence-corrected chi connectivity index (χ1v) is 8.27. The number of carbonyl (C=O) groups excluding carboxylic acids is 1. The van der Waals surface area contributed by atoms with Gasteiger partial charge in [-0.25, -0.2) is 23.0 Å². The van der Waals surface area contributed by atoms with Crippen molar-refractivity contribution >= 4 is 21.8 Å². The lowest BCUT2D eigenvalue weighted by Gasteiger charge is -2.14. The molecule has 0 bridgehead atoms. The molecule has 0 fully saturated rings. The molecule has 21 heavy (non-hydrogen) atoms. The second kappa shape index (κ2) is 7.62. The van der Waals surface area contributed by atoms with Gasteiger partial charge in [0.05, 0.1) is 5.75 Å². The van der Waals surface area contributed by atoms with Gasteiger partial charge in [-0.1, -0.05) is 0 Å². The third-order valence-corrected chi connectivity index (χ3v) is 3.56. The van der Waals surface area contributed by atoms with E-state index in [2.05, 4.69) is 20.6 Å². The number of carboxylic acid groups (broad SMARTS) is 1. The molecule has 4 N–H and O–H groups in total. The molecule has 1 aromatic heterocycles. The molecule has 1 heterocycles. The number of hydrogen-bond acceptors (Lipinski definition) is 5. The Labute approximate surface area is 122 Å². The van der Waals surface area contributed by atoms with Crippen LogP contribution in [-0.4, -0.2) is 60.1 Å². The van der Waals surface area contributed by atoms with Crippen LogP contribution in [0.25, 0.3) is 0 Å². The van der Waals surface area contributed by atoms with Crippen LogP contribution in [0.1, 0.15) is 12.2 Å². The summed E-state index contributed by atoms with van der Waals surface area (Å²) in [7, 11) is -3.28. The Morgan fingerprint density at radius 3 is 2.71 bits per heavy atom. The van der Waals surface area contributed by atoms with Crippen LogP contribution in [0.3, 0.4) is 0 Å². The van der Waals surface area contributed by atoms with Crippen molar-refractivity contribution in [2.75, 3.05) is 18.6 Å². The molecule has 1 aromatic rings. The first-order chi connectivity index (χ1) is 9.78. The Morgan fingerprint density at radius 2 is 2.19 bits per heavy atom. The molecule has 0 spiro atoms. The van der Waals surface area contributed by atoms with E-state index in [-0.39, 0.29) is 18.7 Å². The molecule has 2 amide bonds. The van der Waals surface area contributed by atoms with E-state index in [0.29, 0.717) is 12.2 Å². The maximum Gasteiger partial charge on any atom is 0.326 e. The van der Waals surface area contributed by atoms with Crippen LogP contribution in [0.4, 0.5) is 4.79 Å². The molecule has 0 saturated heterocycles. The van der Waals surface area contributed by atoms with Gasteiger partial charge >= 0.3 is 12.0 Å². The molecule has 0 aliphatic carbocycles. The maximum absolute atomic E-state index is 11.5. The topological polar surface area (TPSA) is 141 Å². The molecule has 1 atom stereocenters. The minimum absolute atomic E-state index is 0.181. The molecule has 0 radical (unpaired) electrons. The molecular formula is C11H18N4O5S. The van der Waals surface area contributed by atoms with Crippen LogP contribution in [-0.2, 0) is 21.1 Å². The predicted molar refractivity (Wildman–Crippen MR) is 74.6 cm³/mol. The third kappa shape index (κ3) is 7.30. The van der Waals surface area contributed by atoms with Crippen molar-refractivity contribution < 1.29 is 23.1 Å². The third-order valence-electron chi connectivity index (χ3n) is 2.58. The van der Waals surface area contributed by atoms with Crippen LogP contribution in [0.15, 0.2) is 12.4 Å². The van der Waals surface area contributed by atoms with Crippen molar-refractivity contribution in [1.82, 2.24) is 20.6 Å². The number of aliphatic carboxylic acids is 1. The number of urea groups is 1. The van der Waals surface area contributed by atoms with E-state index in [9.17, 15) is 18.0 Å². The summed E-state index contributed by atoms with van der Waals surface area (Å²) in [4.78, 5) is 29.3. The summed E-state index contributed by atoms with van der Waals surface area (Å²) in [5.41, 5.74) is 0. The predicted octanol–water partition coefficient (Wildman–Crippen LogP) is -0.861. The van der Waals surface area contributed by atoms with Crippen molar-refractivity contribution in [2.24, 2.45) is 0 Å². The van der Waals surface area contributed by atoms with Gasteiger partial charge in [0.2, 0.25) is 0 Å². The van der Waals surface area contributed by atoms with Gasteiger partial charge in [-0.05, 0) is 6.42 Å². The minimum Gasteiger partial charge on any atom is -0.480 e. The lowest BCUT2D eigenvalue weighted by Crippen LogP contribution is -2.47. The highest BCUT2D eigenvalue weighted by atomic mass is 32.2. The average Bonchev–Trinajstić information content (AvgIpc) is 2.86. The SMILES string of the molecule is CS(=O)(=O)CCC(NC(=O)NCCc1ncc[nH]1)C(=O)O. The number of imidazole rings is 1. The summed E-state index contributed by atoms with van der Waals surface area (Å²) < 4.78 is 22.0. The molecule has 10 heteroatoms. The fourth-order valence-corrected chi connectivity index (χ4v) is 2.19. The zero-order chi connectivity index (χ0) is 15.9. The van der Waals surface area contributed by atoms with Crippen molar-refractivity contribution in [3.63, 3.8) is 0 Å². The Morgan fingerprint density at radius 1 is 1.48 bits per heavy atom. The zero-order valence-corrected chi connectivity index (χ0v) is 12.3. The highest BCUT2D eigenvalue weighted by Crippen LogP contribution is 1.97. The first kappa shape index (κ1) is 17.0. The van der Waals surface area contributed by atoms with Gasteiger partial charge in [-0.2, -0.15) is 0 Å². The van der Waals surface area contributed by atoms with Crippen molar-refractivity contribution in [2.45, 2.75) is 18.9 Å². The molecule has 0 aliphatic heterocycles.